The van der Waals surface area contributed by atoms with Crippen LogP contribution < -0.4 is 4.74 Å². The van der Waals surface area contributed by atoms with E-state index in [1.165, 1.54) is 0 Å². The molecule has 0 atom stereocenters. The molecule has 1 aliphatic heterocycles. The number of hydrogen-bond donors (Lipinski definition) is 0. The minimum atomic E-state index is -0.0298. The van der Waals surface area contributed by atoms with Crippen molar-refractivity contribution in [1.82, 2.24) is 9.88 Å². The van der Waals surface area contributed by atoms with Crippen molar-refractivity contribution in [1.29, 1.82) is 0 Å². The van der Waals surface area contributed by atoms with E-state index in [0.29, 0.717) is 28.9 Å². The highest BCUT2D eigenvalue weighted by atomic mass is 35.5. The van der Waals surface area contributed by atoms with Crippen molar-refractivity contribution in [3.05, 3.63) is 58.4 Å². The Bertz CT molecular complexity index is 965. The topological polar surface area (TPSA) is 55.6 Å². The molecule has 3 aromatic rings. The van der Waals surface area contributed by atoms with Gasteiger partial charge in [-0.2, -0.15) is 0 Å². The predicted octanol–water partition coefficient (Wildman–Crippen LogP) is 4.92. The van der Waals surface area contributed by atoms with Crippen molar-refractivity contribution in [3.8, 4) is 5.75 Å². The zero-order chi connectivity index (χ0) is 18.8. The summed E-state index contributed by atoms with van der Waals surface area (Å²) in [6.45, 7) is 1.32. The first-order chi connectivity index (χ1) is 13.1. The molecule has 0 bridgehead atoms. The van der Waals surface area contributed by atoms with Crippen LogP contribution in [0.15, 0.2) is 46.9 Å². The average molecular weight is 405 g/mol. The zero-order valence-electron chi connectivity index (χ0n) is 14.5. The van der Waals surface area contributed by atoms with E-state index in [-0.39, 0.29) is 18.4 Å². The van der Waals surface area contributed by atoms with E-state index < -0.39 is 0 Å². The highest BCUT2D eigenvalue weighted by Crippen LogP contribution is 2.31. The van der Waals surface area contributed by atoms with Crippen molar-refractivity contribution in [3.63, 3.8) is 0 Å². The summed E-state index contributed by atoms with van der Waals surface area (Å²) in [7, 11) is 0. The van der Waals surface area contributed by atoms with Gasteiger partial charge in [0.2, 0.25) is 0 Å². The van der Waals surface area contributed by atoms with Crippen molar-refractivity contribution in [2.75, 3.05) is 19.7 Å². The third-order valence-corrected chi connectivity index (χ3v) is 5.19. The number of oxazole rings is 1. The lowest BCUT2D eigenvalue weighted by Gasteiger charge is -2.30. The fourth-order valence-electron chi connectivity index (χ4n) is 3.26. The second-order valence-corrected chi connectivity index (χ2v) is 7.44. The van der Waals surface area contributed by atoms with Gasteiger partial charge in [-0.25, -0.2) is 4.98 Å². The molecule has 0 unspecified atom stereocenters. The Balaban J connectivity index is 1.33. The van der Waals surface area contributed by atoms with E-state index in [1.807, 2.05) is 11.0 Å². The van der Waals surface area contributed by atoms with E-state index in [1.54, 1.807) is 36.4 Å². The number of carbonyl (C=O) groups is 1. The molecule has 5 nitrogen and oxygen atoms in total. The van der Waals surface area contributed by atoms with E-state index in [4.69, 9.17) is 32.4 Å². The Morgan fingerprint density at radius 2 is 1.93 bits per heavy atom. The molecule has 1 saturated heterocycles. The minimum absolute atomic E-state index is 0.00634. The van der Waals surface area contributed by atoms with Gasteiger partial charge >= 0.3 is 0 Å². The van der Waals surface area contributed by atoms with Crippen LogP contribution in [0, 0.1) is 0 Å². The number of fused-ring (bicyclic) bond motifs is 1. The molecule has 0 spiro atoms. The summed E-state index contributed by atoms with van der Waals surface area (Å²) < 4.78 is 11.4. The quantitative estimate of drug-likeness (QED) is 0.618. The fraction of sp³-hybridized carbons (Fsp3) is 0.300. The van der Waals surface area contributed by atoms with E-state index in [9.17, 15) is 4.79 Å². The first-order valence-electron chi connectivity index (χ1n) is 8.80. The molecule has 1 amide bonds. The number of benzene rings is 2. The molecule has 140 valence electrons. The molecular formula is C20H18Cl2N2O3. The fourth-order valence-corrected chi connectivity index (χ4v) is 3.61. The molecule has 2 heterocycles. The zero-order valence-corrected chi connectivity index (χ0v) is 16.0. The number of aromatic nitrogens is 1. The molecule has 0 aliphatic carbocycles. The van der Waals surface area contributed by atoms with Gasteiger partial charge < -0.3 is 14.1 Å². The molecule has 1 aromatic heterocycles. The van der Waals surface area contributed by atoms with E-state index >= 15 is 0 Å². The number of nitrogens with zero attached hydrogens (tertiary/aromatic N) is 2. The van der Waals surface area contributed by atoms with Gasteiger partial charge in [-0.1, -0.05) is 29.3 Å². The SMILES string of the molecule is O=C(COc1cccc(Cl)c1)N1CCC(c2nc3cc(Cl)ccc3o2)CC1. The second-order valence-electron chi connectivity index (χ2n) is 6.57. The number of amides is 1. The molecule has 27 heavy (non-hydrogen) atoms. The van der Waals surface area contributed by atoms with Gasteiger partial charge in [0, 0.05) is 29.1 Å². The Kier molecular flexibility index (Phi) is 5.23. The molecule has 1 fully saturated rings. The molecule has 2 aromatic carbocycles. The maximum atomic E-state index is 12.4. The predicted molar refractivity (Wildman–Crippen MR) is 105 cm³/mol. The van der Waals surface area contributed by atoms with Crippen molar-refractivity contribution in [2.24, 2.45) is 0 Å². The van der Waals surface area contributed by atoms with Gasteiger partial charge in [-0.3, -0.25) is 4.79 Å². The van der Waals surface area contributed by atoms with Crippen LogP contribution in [0.4, 0.5) is 0 Å². The molecular weight excluding hydrogens is 387 g/mol. The number of likely N-dealkylation sites (tertiary alicyclic amines) is 1. The van der Waals surface area contributed by atoms with Crippen LogP contribution in [0.2, 0.25) is 10.0 Å². The Morgan fingerprint density at radius 1 is 1.15 bits per heavy atom. The van der Waals surface area contributed by atoms with Crippen LogP contribution in [0.3, 0.4) is 0 Å². The minimum Gasteiger partial charge on any atom is -0.484 e. The average Bonchev–Trinajstić information content (AvgIpc) is 3.09. The van der Waals surface area contributed by atoms with Gasteiger partial charge in [-0.15, -0.1) is 0 Å². The van der Waals surface area contributed by atoms with Crippen LogP contribution in [0.5, 0.6) is 5.75 Å². The van der Waals surface area contributed by atoms with Gasteiger partial charge in [0.25, 0.3) is 5.91 Å². The first-order valence-corrected chi connectivity index (χ1v) is 9.56. The molecule has 1 aliphatic rings. The van der Waals surface area contributed by atoms with Crippen molar-refractivity contribution >= 4 is 40.2 Å². The van der Waals surface area contributed by atoms with Crippen LogP contribution >= 0.6 is 23.2 Å². The third kappa shape index (κ3) is 4.20. The monoisotopic (exact) mass is 404 g/mol. The largest absolute Gasteiger partial charge is 0.484 e. The number of hydrogen-bond acceptors (Lipinski definition) is 4. The maximum Gasteiger partial charge on any atom is 0.260 e. The maximum absolute atomic E-state index is 12.4. The van der Waals surface area contributed by atoms with Crippen molar-refractivity contribution < 1.29 is 13.9 Å². The molecule has 0 saturated carbocycles. The normalized spacial score (nSPS) is 15.3. The Labute approximate surface area is 166 Å². The summed E-state index contributed by atoms with van der Waals surface area (Å²) >= 11 is 11.9. The number of carbonyl (C=O) groups excluding carboxylic acids is 1. The second kappa shape index (κ2) is 7.79. The highest BCUT2D eigenvalue weighted by Gasteiger charge is 2.27. The molecule has 7 heteroatoms. The standard InChI is InChI=1S/C20H18Cl2N2O3/c21-14-2-1-3-16(10-14)26-12-19(25)24-8-6-13(7-9-24)20-23-17-11-15(22)4-5-18(17)27-20/h1-5,10-11,13H,6-9,12H2. The van der Waals surface area contributed by atoms with Gasteiger partial charge in [0.05, 0.1) is 0 Å². The molecule has 4 rings (SSSR count). The lowest BCUT2D eigenvalue weighted by Crippen LogP contribution is -2.40. The summed E-state index contributed by atoms with van der Waals surface area (Å²) in [5.74, 6) is 1.48. The molecule has 0 radical (unpaired) electrons. The number of ether oxygens (including phenoxy) is 1. The van der Waals surface area contributed by atoms with Crippen LogP contribution in [0.1, 0.15) is 24.7 Å². The van der Waals surface area contributed by atoms with Gasteiger partial charge in [0.15, 0.2) is 18.1 Å². The molecule has 0 N–H and O–H groups in total. The first kappa shape index (κ1) is 18.1. The van der Waals surface area contributed by atoms with Gasteiger partial charge in [0.1, 0.15) is 11.3 Å². The lowest BCUT2D eigenvalue weighted by atomic mass is 9.97. The summed E-state index contributed by atoms with van der Waals surface area (Å²) in [5.41, 5.74) is 1.51. The Hall–Kier alpha value is -2.24. The summed E-state index contributed by atoms with van der Waals surface area (Å²) in [6.07, 6.45) is 1.62. The van der Waals surface area contributed by atoms with E-state index in [2.05, 4.69) is 4.98 Å². The van der Waals surface area contributed by atoms with E-state index in [0.717, 1.165) is 29.8 Å². The third-order valence-electron chi connectivity index (χ3n) is 4.72. The number of piperidine rings is 1. The number of rotatable bonds is 4. The summed E-state index contributed by atoms with van der Waals surface area (Å²) in [6, 6.07) is 12.5. The summed E-state index contributed by atoms with van der Waals surface area (Å²) in [4.78, 5) is 18.8. The smallest absolute Gasteiger partial charge is 0.260 e. The lowest BCUT2D eigenvalue weighted by molar-refractivity contribution is -0.134. The highest BCUT2D eigenvalue weighted by molar-refractivity contribution is 6.31. The van der Waals surface area contributed by atoms with Crippen molar-refractivity contribution in [2.45, 2.75) is 18.8 Å². The van der Waals surface area contributed by atoms with Crippen LogP contribution in [0.25, 0.3) is 11.1 Å². The Morgan fingerprint density at radius 3 is 2.70 bits per heavy atom. The van der Waals surface area contributed by atoms with Gasteiger partial charge in [-0.05, 0) is 49.2 Å². The van der Waals surface area contributed by atoms with Crippen LogP contribution in [-0.2, 0) is 4.79 Å². The number of halogens is 2. The van der Waals surface area contributed by atoms with Crippen LogP contribution in [-0.4, -0.2) is 35.5 Å². The summed E-state index contributed by atoms with van der Waals surface area (Å²) in [5, 5.41) is 1.22.